The molecule has 4 aromatic rings. The van der Waals surface area contributed by atoms with Crippen LogP contribution in [0.15, 0.2) is 58.1 Å². The summed E-state index contributed by atoms with van der Waals surface area (Å²) in [5, 5.41) is 0. The van der Waals surface area contributed by atoms with Crippen LogP contribution in [0.4, 0.5) is 11.6 Å². The van der Waals surface area contributed by atoms with Crippen LogP contribution in [-0.2, 0) is 26.6 Å². The van der Waals surface area contributed by atoms with Gasteiger partial charge in [-0.2, -0.15) is 4.98 Å². The van der Waals surface area contributed by atoms with Gasteiger partial charge in [0.15, 0.2) is 11.2 Å². The van der Waals surface area contributed by atoms with E-state index < -0.39 is 0 Å². The second kappa shape index (κ2) is 8.06. The fourth-order valence-electron chi connectivity index (χ4n) is 4.70. The molecule has 2 aromatic heterocycles. The number of fused-ring (bicyclic) bond motifs is 3. The monoisotopic (exact) mass is 443 g/mol. The zero-order valence-corrected chi connectivity index (χ0v) is 19.6. The molecule has 1 aliphatic heterocycles. The highest BCUT2D eigenvalue weighted by atomic mass is 16.2. The molecule has 5 rings (SSSR count). The lowest BCUT2D eigenvalue weighted by Crippen LogP contribution is -2.40. The quantitative estimate of drug-likeness (QED) is 0.484. The maximum absolute atomic E-state index is 13.6. The molecule has 0 unspecified atom stereocenters. The van der Waals surface area contributed by atoms with Gasteiger partial charge in [-0.15, -0.1) is 0 Å². The first-order valence-corrected chi connectivity index (χ1v) is 11.4. The fourth-order valence-corrected chi connectivity index (χ4v) is 4.70. The lowest BCUT2D eigenvalue weighted by atomic mass is 10.1. The minimum atomic E-state index is -0.329. The topological polar surface area (TPSA) is 65.1 Å². The van der Waals surface area contributed by atoms with Crippen LogP contribution in [0.1, 0.15) is 23.6 Å². The third-order valence-electron chi connectivity index (χ3n) is 6.71. The van der Waals surface area contributed by atoms with Gasteiger partial charge in [-0.05, 0) is 55.0 Å². The van der Waals surface area contributed by atoms with Gasteiger partial charge in [0.1, 0.15) is 0 Å². The number of hydrogen-bond acceptors (Lipinski definition) is 4. The fraction of sp³-hybridized carbons (Fsp3) is 0.346. The molecule has 170 valence electrons. The van der Waals surface area contributed by atoms with Crippen molar-refractivity contribution >= 4 is 22.8 Å². The van der Waals surface area contributed by atoms with Crippen molar-refractivity contribution in [3.8, 4) is 0 Å². The first kappa shape index (κ1) is 21.2. The molecule has 0 N–H and O–H groups in total. The summed E-state index contributed by atoms with van der Waals surface area (Å²) in [5.74, 6) is 1.05. The van der Waals surface area contributed by atoms with Crippen LogP contribution >= 0.6 is 0 Å². The third kappa shape index (κ3) is 3.57. The first-order valence-electron chi connectivity index (χ1n) is 11.4. The number of hydrogen-bond donors (Lipinski definition) is 0. The minimum Gasteiger partial charge on any atom is -0.312 e. The van der Waals surface area contributed by atoms with Crippen molar-refractivity contribution in [1.82, 2.24) is 18.7 Å². The average Bonchev–Trinajstić information content (AvgIpc) is 3.19. The highest BCUT2D eigenvalue weighted by Gasteiger charge is 2.30. The van der Waals surface area contributed by atoms with E-state index in [0.717, 1.165) is 23.7 Å². The van der Waals surface area contributed by atoms with Crippen LogP contribution in [0.5, 0.6) is 0 Å². The lowest BCUT2D eigenvalue weighted by Gasteiger charge is -2.33. The molecule has 0 aliphatic carbocycles. The zero-order valence-electron chi connectivity index (χ0n) is 19.6. The molecule has 33 heavy (non-hydrogen) atoms. The van der Waals surface area contributed by atoms with Crippen LogP contribution in [0.2, 0.25) is 0 Å². The summed E-state index contributed by atoms with van der Waals surface area (Å²) < 4.78 is 4.86. The number of anilines is 2. The van der Waals surface area contributed by atoms with Crippen LogP contribution < -0.4 is 16.1 Å². The molecule has 2 aromatic carbocycles. The molecule has 0 saturated heterocycles. The van der Waals surface area contributed by atoms with Crippen molar-refractivity contribution in [3.63, 3.8) is 0 Å². The molecular weight excluding hydrogens is 414 g/mol. The Morgan fingerprint density at radius 3 is 2.48 bits per heavy atom. The summed E-state index contributed by atoms with van der Waals surface area (Å²) in [5.41, 5.74) is 4.94. The molecule has 7 heteroatoms. The maximum Gasteiger partial charge on any atom is 0.332 e. The van der Waals surface area contributed by atoms with Crippen molar-refractivity contribution in [1.29, 1.82) is 0 Å². The summed E-state index contributed by atoms with van der Waals surface area (Å²) in [6.45, 7) is 8.22. The third-order valence-corrected chi connectivity index (χ3v) is 6.71. The largest absolute Gasteiger partial charge is 0.332 e. The van der Waals surface area contributed by atoms with Gasteiger partial charge in [-0.1, -0.05) is 43.3 Å². The molecular formula is C26H29N5O2. The highest BCUT2D eigenvalue weighted by molar-refractivity contribution is 5.77. The van der Waals surface area contributed by atoms with E-state index in [-0.39, 0.29) is 11.2 Å². The smallest absolute Gasteiger partial charge is 0.312 e. The van der Waals surface area contributed by atoms with Gasteiger partial charge in [0.05, 0.1) is 0 Å². The van der Waals surface area contributed by atoms with Crippen molar-refractivity contribution < 1.29 is 0 Å². The second-order valence-corrected chi connectivity index (χ2v) is 9.21. The Balaban J connectivity index is 1.65. The lowest BCUT2D eigenvalue weighted by molar-refractivity contribution is 0.457. The number of aryl methyl sites for hydroxylation is 4. The Morgan fingerprint density at radius 1 is 1.00 bits per heavy atom. The SMILES string of the molecule is Cc1ccc(N2C[C@@H](C)Cn3c2nc2c3c(=O)n(CCc3ccccc3)c(=O)n2C)cc1C. The van der Waals surface area contributed by atoms with E-state index in [0.29, 0.717) is 36.6 Å². The Morgan fingerprint density at radius 2 is 1.76 bits per heavy atom. The number of imidazole rings is 1. The number of benzene rings is 2. The molecule has 0 radical (unpaired) electrons. The van der Waals surface area contributed by atoms with E-state index in [9.17, 15) is 9.59 Å². The molecule has 0 fully saturated rings. The summed E-state index contributed by atoms with van der Waals surface area (Å²) in [7, 11) is 1.70. The van der Waals surface area contributed by atoms with Crippen LogP contribution in [0.25, 0.3) is 11.2 Å². The average molecular weight is 444 g/mol. The molecule has 7 nitrogen and oxygen atoms in total. The van der Waals surface area contributed by atoms with Gasteiger partial charge in [0.25, 0.3) is 5.56 Å². The van der Waals surface area contributed by atoms with Gasteiger partial charge < -0.3 is 9.47 Å². The molecule has 1 aliphatic rings. The molecule has 0 bridgehead atoms. The van der Waals surface area contributed by atoms with Gasteiger partial charge in [-0.25, -0.2) is 4.79 Å². The first-order chi connectivity index (χ1) is 15.8. The minimum absolute atomic E-state index is 0.267. The van der Waals surface area contributed by atoms with Crippen molar-refractivity contribution in [2.75, 3.05) is 11.4 Å². The molecule has 1 atom stereocenters. The number of rotatable bonds is 4. The molecule has 0 spiro atoms. The predicted molar refractivity (Wildman–Crippen MR) is 131 cm³/mol. The van der Waals surface area contributed by atoms with E-state index in [1.54, 1.807) is 7.05 Å². The number of nitrogens with zero attached hydrogens (tertiary/aromatic N) is 5. The maximum atomic E-state index is 13.6. The van der Waals surface area contributed by atoms with E-state index in [2.05, 4.69) is 43.9 Å². The number of aromatic nitrogens is 4. The summed E-state index contributed by atoms with van der Waals surface area (Å²) in [6, 6.07) is 16.3. The Bertz CT molecular complexity index is 1460. The Kier molecular flexibility index (Phi) is 5.19. The Labute approximate surface area is 192 Å². The molecule has 0 amide bonds. The van der Waals surface area contributed by atoms with Crippen LogP contribution in [0.3, 0.4) is 0 Å². The van der Waals surface area contributed by atoms with Gasteiger partial charge in [0, 0.05) is 32.4 Å². The van der Waals surface area contributed by atoms with Crippen molar-refractivity contribution in [2.24, 2.45) is 13.0 Å². The summed E-state index contributed by atoms with van der Waals surface area (Å²) >= 11 is 0. The van der Waals surface area contributed by atoms with E-state index in [4.69, 9.17) is 4.98 Å². The standard InChI is InChI=1S/C26H29N5O2/c1-17-15-30(21-11-10-18(2)19(3)14-21)25-27-23-22(31(25)16-17)24(32)29(26(33)28(23)4)13-12-20-8-6-5-7-9-20/h5-11,14,17H,12-13,15-16H2,1-4H3/t17-/m1/s1. The molecule has 3 heterocycles. The normalized spacial score (nSPS) is 15.8. The highest BCUT2D eigenvalue weighted by Crippen LogP contribution is 2.33. The van der Waals surface area contributed by atoms with Crippen molar-refractivity contribution in [2.45, 2.75) is 40.3 Å². The van der Waals surface area contributed by atoms with E-state index >= 15 is 0 Å². The zero-order chi connectivity index (χ0) is 23.3. The van der Waals surface area contributed by atoms with Gasteiger partial charge in [-0.3, -0.25) is 13.9 Å². The Hall–Kier alpha value is -3.61. The van der Waals surface area contributed by atoms with Crippen LogP contribution in [0, 0.1) is 19.8 Å². The second-order valence-electron chi connectivity index (χ2n) is 9.21. The summed E-state index contributed by atoms with van der Waals surface area (Å²) in [6.07, 6.45) is 0.619. The van der Waals surface area contributed by atoms with E-state index in [1.807, 2.05) is 34.9 Å². The predicted octanol–water partition coefficient (Wildman–Crippen LogP) is 3.54. The van der Waals surface area contributed by atoms with E-state index in [1.165, 1.54) is 20.3 Å². The van der Waals surface area contributed by atoms with Gasteiger partial charge in [0.2, 0.25) is 5.95 Å². The summed E-state index contributed by atoms with van der Waals surface area (Å²) in [4.78, 5) is 33.7. The van der Waals surface area contributed by atoms with Crippen molar-refractivity contribution in [3.05, 3.63) is 86.1 Å². The van der Waals surface area contributed by atoms with Crippen LogP contribution in [-0.4, -0.2) is 25.2 Å². The molecule has 0 saturated carbocycles. The van der Waals surface area contributed by atoms with Gasteiger partial charge >= 0.3 is 5.69 Å².